The molecule has 2 atom stereocenters. The van der Waals surface area contributed by atoms with E-state index in [2.05, 4.69) is 17.0 Å². The standard InChI is InChI=1S/C16H23NO4.ClH/c1-17(8-7-16(18)19)14(15-12-20-9-10-21-15)11-13-5-3-2-4-6-13;/h2-6,14-15H,7-12H2,1H3,(H,18,19);1H. The summed E-state index contributed by atoms with van der Waals surface area (Å²) in [4.78, 5) is 12.8. The van der Waals surface area contributed by atoms with E-state index in [0.29, 0.717) is 26.4 Å². The van der Waals surface area contributed by atoms with E-state index in [1.165, 1.54) is 5.56 Å². The first-order chi connectivity index (χ1) is 10.2. The summed E-state index contributed by atoms with van der Waals surface area (Å²) in [5, 5.41) is 8.86. The number of benzene rings is 1. The Kier molecular flexibility index (Phi) is 8.42. The molecule has 0 saturated carbocycles. The molecule has 1 heterocycles. The average molecular weight is 330 g/mol. The van der Waals surface area contributed by atoms with Gasteiger partial charge in [-0.3, -0.25) is 9.69 Å². The van der Waals surface area contributed by atoms with Crippen LogP contribution in [0, 0.1) is 0 Å². The monoisotopic (exact) mass is 329 g/mol. The van der Waals surface area contributed by atoms with Crippen molar-refractivity contribution in [3.8, 4) is 0 Å². The minimum Gasteiger partial charge on any atom is -0.481 e. The van der Waals surface area contributed by atoms with E-state index in [1.54, 1.807) is 0 Å². The Bertz CT molecular complexity index is 437. The van der Waals surface area contributed by atoms with Gasteiger partial charge in [-0.25, -0.2) is 0 Å². The van der Waals surface area contributed by atoms with Crippen LogP contribution in [0.5, 0.6) is 0 Å². The van der Waals surface area contributed by atoms with Crippen LogP contribution in [0.25, 0.3) is 0 Å². The fraction of sp³-hybridized carbons (Fsp3) is 0.562. The van der Waals surface area contributed by atoms with Crippen LogP contribution in [0.4, 0.5) is 0 Å². The highest BCUT2D eigenvalue weighted by molar-refractivity contribution is 5.85. The van der Waals surface area contributed by atoms with Crippen LogP contribution >= 0.6 is 12.4 Å². The molecule has 1 aliphatic heterocycles. The van der Waals surface area contributed by atoms with Crippen LogP contribution in [0.15, 0.2) is 30.3 Å². The Balaban J connectivity index is 0.00000242. The molecule has 22 heavy (non-hydrogen) atoms. The lowest BCUT2D eigenvalue weighted by Gasteiger charge is -2.36. The molecule has 0 spiro atoms. The van der Waals surface area contributed by atoms with Gasteiger partial charge in [0.2, 0.25) is 0 Å². The lowest BCUT2D eigenvalue weighted by Crippen LogP contribution is -2.49. The van der Waals surface area contributed by atoms with Crippen molar-refractivity contribution in [1.82, 2.24) is 4.90 Å². The normalized spacial score (nSPS) is 19.5. The first kappa shape index (κ1) is 18.9. The summed E-state index contributed by atoms with van der Waals surface area (Å²) < 4.78 is 11.3. The molecule has 0 aliphatic carbocycles. The van der Waals surface area contributed by atoms with E-state index in [0.717, 1.165) is 6.42 Å². The first-order valence-electron chi connectivity index (χ1n) is 7.32. The molecule has 0 bridgehead atoms. The van der Waals surface area contributed by atoms with Gasteiger partial charge >= 0.3 is 5.97 Å². The highest BCUT2D eigenvalue weighted by Gasteiger charge is 2.28. The Morgan fingerprint density at radius 3 is 2.68 bits per heavy atom. The molecule has 1 saturated heterocycles. The maximum atomic E-state index is 10.8. The summed E-state index contributed by atoms with van der Waals surface area (Å²) in [6.07, 6.45) is 0.943. The highest BCUT2D eigenvalue weighted by Crippen LogP contribution is 2.17. The number of aliphatic carboxylic acids is 1. The largest absolute Gasteiger partial charge is 0.481 e. The second kappa shape index (κ2) is 9.79. The summed E-state index contributed by atoms with van der Waals surface area (Å²) in [7, 11) is 1.95. The van der Waals surface area contributed by atoms with Crippen molar-refractivity contribution in [1.29, 1.82) is 0 Å². The van der Waals surface area contributed by atoms with Crippen molar-refractivity contribution < 1.29 is 19.4 Å². The van der Waals surface area contributed by atoms with Crippen molar-refractivity contribution in [3.63, 3.8) is 0 Å². The maximum Gasteiger partial charge on any atom is 0.304 e. The molecule has 1 fully saturated rings. The molecule has 0 radical (unpaired) electrons. The van der Waals surface area contributed by atoms with Crippen LogP contribution < -0.4 is 0 Å². The van der Waals surface area contributed by atoms with Gasteiger partial charge in [0.1, 0.15) is 0 Å². The van der Waals surface area contributed by atoms with Gasteiger partial charge in [0.15, 0.2) is 0 Å². The second-order valence-corrected chi connectivity index (χ2v) is 5.37. The van der Waals surface area contributed by atoms with Crippen LogP contribution in [-0.2, 0) is 20.7 Å². The molecule has 1 aliphatic rings. The SMILES string of the molecule is CN(CCC(=O)O)C(Cc1ccccc1)C1COCCO1.Cl. The Morgan fingerprint density at radius 2 is 2.09 bits per heavy atom. The molecular formula is C16H24ClNO4. The number of carbonyl (C=O) groups is 1. The van der Waals surface area contributed by atoms with E-state index in [-0.39, 0.29) is 31.0 Å². The van der Waals surface area contributed by atoms with E-state index in [4.69, 9.17) is 14.6 Å². The molecule has 6 heteroatoms. The topological polar surface area (TPSA) is 59.0 Å². The summed E-state index contributed by atoms with van der Waals surface area (Å²) in [6, 6.07) is 10.3. The quantitative estimate of drug-likeness (QED) is 0.827. The van der Waals surface area contributed by atoms with Gasteiger partial charge in [-0.1, -0.05) is 30.3 Å². The van der Waals surface area contributed by atoms with Gasteiger partial charge < -0.3 is 14.6 Å². The predicted octanol–water partition coefficient (Wildman–Crippen LogP) is 1.84. The highest BCUT2D eigenvalue weighted by atomic mass is 35.5. The molecule has 0 aromatic heterocycles. The third kappa shape index (κ3) is 5.93. The van der Waals surface area contributed by atoms with E-state index in [1.807, 2.05) is 25.2 Å². The Hall–Kier alpha value is -1.14. The first-order valence-corrected chi connectivity index (χ1v) is 7.32. The number of hydrogen-bond acceptors (Lipinski definition) is 4. The van der Waals surface area contributed by atoms with Gasteiger partial charge in [0.25, 0.3) is 0 Å². The van der Waals surface area contributed by atoms with E-state index < -0.39 is 5.97 Å². The Labute approximate surface area is 137 Å². The number of carboxylic acids is 1. The van der Waals surface area contributed by atoms with Crippen LogP contribution in [0.2, 0.25) is 0 Å². The molecule has 1 aromatic carbocycles. The smallest absolute Gasteiger partial charge is 0.304 e. The maximum absolute atomic E-state index is 10.8. The molecule has 1 N–H and O–H groups in total. The van der Waals surface area contributed by atoms with Crippen LogP contribution in [0.1, 0.15) is 12.0 Å². The van der Waals surface area contributed by atoms with Gasteiger partial charge in [-0.15, -0.1) is 12.4 Å². The molecule has 1 aromatic rings. The van der Waals surface area contributed by atoms with Crippen molar-refractivity contribution in [3.05, 3.63) is 35.9 Å². The van der Waals surface area contributed by atoms with E-state index >= 15 is 0 Å². The third-order valence-corrected chi connectivity index (χ3v) is 3.80. The van der Waals surface area contributed by atoms with Gasteiger partial charge in [0.05, 0.1) is 32.3 Å². The number of carboxylic acid groups (broad SMARTS) is 1. The second-order valence-electron chi connectivity index (χ2n) is 5.37. The van der Waals surface area contributed by atoms with Gasteiger partial charge in [-0.05, 0) is 19.0 Å². The molecule has 5 nitrogen and oxygen atoms in total. The zero-order valence-corrected chi connectivity index (χ0v) is 13.6. The van der Waals surface area contributed by atoms with Gasteiger partial charge in [0, 0.05) is 12.6 Å². The average Bonchev–Trinajstić information content (AvgIpc) is 2.52. The van der Waals surface area contributed by atoms with Crippen molar-refractivity contribution in [2.75, 3.05) is 33.4 Å². The number of nitrogens with zero attached hydrogens (tertiary/aromatic N) is 1. The third-order valence-electron chi connectivity index (χ3n) is 3.80. The van der Waals surface area contributed by atoms with Crippen LogP contribution in [-0.4, -0.2) is 61.5 Å². The molecule has 2 rings (SSSR count). The van der Waals surface area contributed by atoms with Crippen molar-refractivity contribution in [2.45, 2.75) is 25.0 Å². The lowest BCUT2D eigenvalue weighted by molar-refractivity contribution is -0.138. The summed E-state index contributed by atoms with van der Waals surface area (Å²) in [6.45, 7) is 2.30. The Morgan fingerprint density at radius 1 is 1.36 bits per heavy atom. The lowest BCUT2D eigenvalue weighted by atomic mass is 9.99. The van der Waals surface area contributed by atoms with Crippen molar-refractivity contribution in [2.24, 2.45) is 0 Å². The minimum atomic E-state index is -0.777. The van der Waals surface area contributed by atoms with Crippen LogP contribution in [0.3, 0.4) is 0 Å². The number of likely N-dealkylation sites (N-methyl/N-ethyl adjacent to an activating group) is 1. The summed E-state index contributed by atoms with van der Waals surface area (Å²) in [5.41, 5.74) is 1.22. The fourth-order valence-corrected chi connectivity index (χ4v) is 2.59. The van der Waals surface area contributed by atoms with Crippen molar-refractivity contribution >= 4 is 18.4 Å². The summed E-state index contributed by atoms with van der Waals surface area (Å²) in [5.74, 6) is -0.777. The minimum absolute atomic E-state index is 0. The van der Waals surface area contributed by atoms with E-state index in [9.17, 15) is 4.79 Å². The predicted molar refractivity (Wildman–Crippen MR) is 86.6 cm³/mol. The van der Waals surface area contributed by atoms with Gasteiger partial charge in [-0.2, -0.15) is 0 Å². The number of hydrogen-bond donors (Lipinski definition) is 1. The number of ether oxygens (including phenoxy) is 2. The zero-order valence-electron chi connectivity index (χ0n) is 12.8. The zero-order chi connectivity index (χ0) is 15.1. The summed E-state index contributed by atoms with van der Waals surface area (Å²) >= 11 is 0. The number of rotatable bonds is 7. The molecule has 124 valence electrons. The molecular weight excluding hydrogens is 306 g/mol. The fourth-order valence-electron chi connectivity index (χ4n) is 2.59. The molecule has 2 unspecified atom stereocenters. The number of halogens is 1. The molecule has 0 amide bonds.